The molecule has 4 aliphatic rings. The molecule has 0 aliphatic heterocycles. The van der Waals surface area contributed by atoms with Crippen molar-refractivity contribution in [2.45, 2.75) is 85.7 Å². The summed E-state index contributed by atoms with van der Waals surface area (Å²) in [5, 5.41) is 10.2. The fourth-order valence-electron chi connectivity index (χ4n) is 7.84. The van der Waals surface area contributed by atoms with Crippen LogP contribution in [0.2, 0.25) is 0 Å². The molecular formula is C26H38O4. The van der Waals surface area contributed by atoms with E-state index in [1.54, 1.807) is 5.57 Å². The number of carbonyl (C=O) groups is 2. The van der Waals surface area contributed by atoms with Crippen molar-refractivity contribution >= 4 is 11.8 Å². The molecule has 0 radical (unpaired) electrons. The summed E-state index contributed by atoms with van der Waals surface area (Å²) in [6, 6.07) is 0. The second kappa shape index (κ2) is 7.32. The maximum Gasteiger partial charge on any atom is 0.303 e. The topological polar surface area (TPSA) is 63.6 Å². The molecule has 3 unspecified atom stereocenters. The number of hydrogen-bond acceptors (Lipinski definition) is 4. The van der Waals surface area contributed by atoms with E-state index < -0.39 is 5.41 Å². The van der Waals surface area contributed by atoms with Crippen molar-refractivity contribution in [3.8, 4) is 0 Å². The van der Waals surface area contributed by atoms with E-state index >= 15 is 0 Å². The summed E-state index contributed by atoms with van der Waals surface area (Å²) >= 11 is 0. The third-order valence-electron chi connectivity index (χ3n) is 9.87. The number of fused-ring (bicyclic) bond motifs is 5. The molecule has 166 valence electrons. The molecule has 4 heteroatoms. The van der Waals surface area contributed by atoms with Gasteiger partial charge in [-0.05, 0) is 61.7 Å². The minimum Gasteiger partial charge on any atom is -0.458 e. The average molecular weight is 415 g/mol. The largest absolute Gasteiger partial charge is 0.458 e. The third-order valence-corrected chi connectivity index (χ3v) is 9.87. The van der Waals surface area contributed by atoms with Gasteiger partial charge in [-0.1, -0.05) is 57.4 Å². The lowest BCUT2D eigenvalue weighted by molar-refractivity contribution is -0.153. The van der Waals surface area contributed by atoms with Gasteiger partial charge in [-0.2, -0.15) is 0 Å². The molecule has 0 bridgehead atoms. The van der Waals surface area contributed by atoms with Crippen LogP contribution in [0.25, 0.3) is 0 Å². The average Bonchev–Trinajstić information content (AvgIpc) is 2.94. The van der Waals surface area contributed by atoms with Crippen LogP contribution >= 0.6 is 0 Å². The summed E-state index contributed by atoms with van der Waals surface area (Å²) in [7, 11) is 0. The maximum absolute atomic E-state index is 13.5. The monoisotopic (exact) mass is 414 g/mol. The van der Waals surface area contributed by atoms with Gasteiger partial charge < -0.3 is 9.84 Å². The number of ether oxygens (including phenoxy) is 1. The van der Waals surface area contributed by atoms with Crippen LogP contribution in [0.3, 0.4) is 0 Å². The Morgan fingerprint density at radius 3 is 2.63 bits per heavy atom. The van der Waals surface area contributed by atoms with E-state index in [0.717, 1.165) is 44.9 Å². The Morgan fingerprint density at radius 2 is 1.97 bits per heavy atom. The molecule has 0 amide bonds. The Balaban J connectivity index is 1.71. The molecule has 2 saturated carbocycles. The first-order valence-electron chi connectivity index (χ1n) is 11.8. The highest BCUT2D eigenvalue weighted by Crippen LogP contribution is 2.70. The number of aliphatic hydroxyl groups excluding tert-OH is 1. The van der Waals surface area contributed by atoms with Crippen molar-refractivity contribution in [3.05, 3.63) is 23.3 Å². The number of Topliss-reactive ketones (excluding diaryl/α,β-unsaturated/α-hetero) is 1. The first kappa shape index (κ1) is 21.8. The summed E-state index contributed by atoms with van der Waals surface area (Å²) < 4.78 is 5.17. The van der Waals surface area contributed by atoms with Crippen LogP contribution < -0.4 is 0 Å². The molecule has 0 aromatic rings. The number of rotatable bonds is 4. The van der Waals surface area contributed by atoms with Crippen molar-refractivity contribution in [1.29, 1.82) is 0 Å². The Hall–Kier alpha value is -1.42. The molecule has 0 aromatic heterocycles. The van der Waals surface area contributed by atoms with E-state index in [1.807, 2.05) is 0 Å². The van der Waals surface area contributed by atoms with E-state index in [9.17, 15) is 14.7 Å². The number of ketones is 1. The summed E-state index contributed by atoms with van der Waals surface area (Å²) in [4.78, 5) is 24.8. The van der Waals surface area contributed by atoms with Crippen LogP contribution in [-0.4, -0.2) is 29.6 Å². The molecule has 0 aromatic carbocycles. The van der Waals surface area contributed by atoms with Gasteiger partial charge in [-0.3, -0.25) is 9.59 Å². The smallest absolute Gasteiger partial charge is 0.303 e. The lowest BCUT2D eigenvalue weighted by Crippen LogP contribution is -2.51. The van der Waals surface area contributed by atoms with Crippen molar-refractivity contribution < 1.29 is 19.4 Å². The Kier molecular flexibility index (Phi) is 5.32. The predicted octanol–water partition coefficient (Wildman–Crippen LogP) is 5.00. The van der Waals surface area contributed by atoms with Gasteiger partial charge in [0.05, 0.1) is 6.10 Å². The van der Waals surface area contributed by atoms with Crippen LogP contribution in [0, 0.1) is 34.0 Å². The van der Waals surface area contributed by atoms with E-state index in [-0.39, 0.29) is 35.3 Å². The van der Waals surface area contributed by atoms with Gasteiger partial charge in [-0.15, -0.1) is 0 Å². The third kappa shape index (κ3) is 2.89. The van der Waals surface area contributed by atoms with Crippen LogP contribution in [0.15, 0.2) is 23.3 Å². The molecule has 30 heavy (non-hydrogen) atoms. The molecule has 2 fully saturated rings. The molecule has 0 heterocycles. The molecule has 4 rings (SSSR count). The minimum absolute atomic E-state index is 0.0753. The first-order chi connectivity index (χ1) is 14.1. The fourth-order valence-corrected chi connectivity index (χ4v) is 7.84. The predicted molar refractivity (Wildman–Crippen MR) is 117 cm³/mol. The van der Waals surface area contributed by atoms with Gasteiger partial charge in [0.15, 0.2) is 12.4 Å². The molecule has 0 spiro atoms. The normalized spacial score (nSPS) is 44.9. The van der Waals surface area contributed by atoms with E-state index in [1.165, 1.54) is 12.5 Å². The Bertz CT molecular complexity index is 810. The lowest BCUT2D eigenvalue weighted by Gasteiger charge is -2.55. The fraction of sp³-hybridized carbons (Fsp3) is 0.769. The van der Waals surface area contributed by atoms with Crippen molar-refractivity contribution in [2.75, 3.05) is 6.61 Å². The van der Waals surface area contributed by atoms with Gasteiger partial charge in [0, 0.05) is 17.8 Å². The molecule has 1 N–H and O–H groups in total. The summed E-state index contributed by atoms with van der Waals surface area (Å²) in [6.07, 6.45) is 11.3. The van der Waals surface area contributed by atoms with E-state index in [4.69, 9.17) is 4.74 Å². The van der Waals surface area contributed by atoms with Gasteiger partial charge in [0.2, 0.25) is 0 Å². The zero-order valence-electron chi connectivity index (χ0n) is 19.3. The number of aliphatic hydroxyl groups is 1. The quantitative estimate of drug-likeness (QED) is 0.519. The second-order valence-electron chi connectivity index (χ2n) is 10.9. The van der Waals surface area contributed by atoms with Crippen LogP contribution in [0.1, 0.15) is 79.6 Å². The van der Waals surface area contributed by atoms with Crippen LogP contribution in [-0.2, 0) is 14.3 Å². The Morgan fingerprint density at radius 1 is 1.23 bits per heavy atom. The zero-order chi connectivity index (χ0) is 21.9. The highest BCUT2D eigenvalue weighted by Gasteiger charge is 2.66. The van der Waals surface area contributed by atoms with E-state index in [0.29, 0.717) is 17.8 Å². The van der Waals surface area contributed by atoms with E-state index in [2.05, 4.69) is 39.8 Å². The molecule has 4 nitrogen and oxygen atoms in total. The molecule has 0 saturated heterocycles. The van der Waals surface area contributed by atoms with Gasteiger partial charge >= 0.3 is 5.97 Å². The Labute approximate surface area is 181 Å². The number of carbonyl (C=O) groups excluding carboxylic acids is 2. The zero-order valence-corrected chi connectivity index (χ0v) is 19.3. The summed E-state index contributed by atoms with van der Waals surface area (Å²) in [5.41, 5.74) is 2.49. The highest BCUT2D eigenvalue weighted by molar-refractivity contribution is 5.89. The molecule has 7 atom stereocenters. The van der Waals surface area contributed by atoms with Gasteiger partial charge in [0.25, 0.3) is 0 Å². The van der Waals surface area contributed by atoms with Crippen LogP contribution in [0.5, 0.6) is 0 Å². The molecule has 4 aliphatic carbocycles. The highest BCUT2D eigenvalue weighted by atomic mass is 16.5. The summed E-state index contributed by atoms with van der Waals surface area (Å²) in [5.74, 6) is 1.03. The van der Waals surface area contributed by atoms with Gasteiger partial charge in [-0.25, -0.2) is 0 Å². The SMILES string of the molecule is CC[C@@H]1CC2C3CCC4=CC(O)CC[C@]4(C)C3=CC[C@]2(C)[C@@]1(C)C(=O)COC(C)=O. The molecular weight excluding hydrogens is 376 g/mol. The first-order valence-corrected chi connectivity index (χ1v) is 11.8. The second-order valence-corrected chi connectivity index (χ2v) is 10.9. The van der Waals surface area contributed by atoms with Crippen LogP contribution in [0.4, 0.5) is 0 Å². The number of allylic oxidation sites excluding steroid dienone is 3. The van der Waals surface area contributed by atoms with Crippen molar-refractivity contribution in [2.24, 2.45) is 34.0 Å². The standard InChI is InChI=1S/C26H38O4/c1-6-17-14-22-20-8-7-18-13-19(28)9-11-24(18,3)21(20)10-12-25(22,4)26(17,5)23(29)15-30-16(2)27/h10,13,17,19-20,22,28H,6-9,11-12,14-15H2,1-5H3/t17-,19?,20?,22?,24+,25+,26-/m1/s1. The lowest BCUT2D eigenvalue weighted by atomic mass is 9.48. The summed E-state index contributed by atoms with van der Waals surface area (Å²) in [6.45, 7) is 10.3. The van der Waals surface area contributed by atoms with Gasteiger partial charge in [0.1, 0.15) is 0 Å². The van der Waals surface area contributed by atoms with Crippen molar-refractivity contribution in [1.82, 2.24) is 0 Å². The maximum atomic E-state index is 13.5. The minimum atomic E-state index is -0.469. The number of esters is 1. The number of hydrogen-bond donors (Lipinski definition) is 1. The van der Waals surface area contributed by atoms with Crippen molar-refractivity contribution in [3.63, 3.8) is 0 Å².